The normalized spacial score (nSPS) is 10.6. The van der Waals surface area contributed by atoms with E-state index in [1.807, 2.05) is 36.4 Å². The molecule has 0 aliphatic rings. The molecule has 4 rings (SSSR count). The molecule has 2 aromatic carbocycles. The fraction of sp³-hybridized carbons (Fsp3) is 0.0370. The van der Waals surface area contributed by atoms with Gasteiger partial charge in [0.05, 0.1) is 4.92 Å². The second-order valence-corrected chi connectivity index (χ2v) is 7.90. The van der Waals surface area contributed by atoms with Crippen molar-refractivity contribution in [3.8, 4) is 11.1 Å². The number of nitro groups is 1. The van der Waals surface area contributed by atoms with Crippen LogP contribution in [0.1, 0.15) is 12.5 Å². The minimum absolute atomic E-state index is 0.120. The lowest BCUT2D eigenvalue weighted by atomic mass is 10.0. The molecule has 3 N–H and O–H groups in total. The van der Waals surface area contributed by atoms with Crippen molar-refractivity contribution in [2.24, 2.45) is 0 Å². The van der Waals surface area contributed by atoms with Gasteiger partial charge in [-0.05, 0) is 65.2 Å². The maximum Gasteiger partial charge on any atom is 0.311 e. The molecule has 2 aromatic heterocycles. The van der Waals surface area contributed by atoms with E-state index in [4.69, 9.17) is 0 Å². The summed E-state index contributed by atoms with van der Waals surface area (Å²) in [6, 6.07) is 21.0. The van der Waals surface area contributed by atoms with Gasteiger partial charge >= 0.3 is 5.69 Å². The highest BCUT2D eigenvalue weighted by Gasteiger charge is 2.14. The lowest BCUT2D eigenvalue weighted by molar-refractivity contribution is -0.384. The predicted molar refractivity (Wildman–Crippen MR) is 142 cm³/mol. The number of carbonyl (C=O) groups excluding carboxylic acids is 2. The Labute approximate surface area is 212 Å². The van der Waals surface area contributed by atoms with Crippen LogP contribution in [0.15, 0.2) is 91.3 Å². The van der Waals surface area contributed by atoms with E-state index >= 15 is 0 Å². The molecule has 0 spiro atoms. The highest BCUT2D eigenvalue weighted by atomic mass is 16.6. The molecule has 37 heavy (non-hydrogen) atoms. The second kappa shape index (κ2) is 11.4. The van der Waals surface area contributed by atoms with Crippen LogP contribution in [0.25, 0.3) is 17.2 Å². The number of nitrogens with one attached hydrogen (secondary N) is 3. The van der Waals surface area contributed by atoms with Gasteiger partial charge in [0, 0.05) is 42.8 Å². The van der Waals surface area contributed by atoms with Crippen molar-refractivity contribution in [3.05, 3.63) is 107 Å². The summed E-state index contributed by atoms with van der Waals surface area (Å²) in [6.45, 7) is 1.40. The molecule has 0 bridgehead atoms. The molecule has 0 saturated carbocycles. The Morgan fingerprint density at radius 2 is 1.62 bits per heavy atom. The van der Waals surface area contributed by atoms with Crippen LogP contribution >= 0.6 is 0 Å². The van der Waals surface area contributed by atoms with Gasteiger partial charge in [0.15, 0.2) is 0 Å². The molecule has 10 nitrogen and oxygen atoms in total. The van der Waals surface area contributed by atoms with Crippen molar-refractivity contribution >= 4 is 46.6 Å². The number of nitrogens with zero attached hydrogens (tertiary/aromatic N) is 3. The molecule has 2 heterocycles. The number of pyridine rings is 2. The van der Waals surface area contributed by atoms with Crippen LogP contribution in [-0.2, 0) is 9.59 Å². The van der Waals surface area contributed by atoms with Crippen LogP contribution in [0.3, 0.4) is 0 Å². The van der Waals surface area contributed by atoms with Crippen LogP contribution in [-0.4, -0.2) is 26.7 Å². The molecule has 0 radical (unpaired) electrons. The van der Waals surface area contributed by atoms with Crippen molar-refractivity contribution in [3.63, 3.8) is 0 Å². The standard InChI is InChI=1S/C27H22N6O4/c1-18(34)30-25-12-10-19(17-29-25)11-13-26(35)31-22-7-2-5-20(15-22)21-6-3-8-23(16-21)32-27-24(33(36)37)9-4-14-28-27/h2-17H,1H3,(H,28,32)(H,31,35)(H,29,30,34). The molecule has 0 unspecified atom stereocenters. The molecular formula is C27H22N6O4. The van der Waals surface area contributed by atoms with Gasteiger partial charge in [0.1, 0.15) is 5.82 Å². The number of hydrogen-bond acceptors (Lipinski definition) is 7. The lowest BCUT2D eigenvalue weighted by Crippen LogP contribution is -2.08. The summed E-state index contributed by atoms with van der Waals surface area (Å²) in [4.78, 5) is 42.5. The average molecular weight is 495 g/mol. The zero-order valence-corrected chi connectivity index (χ0v) is 19.7. The first-order valence-electron chi connectivity index (χ1n) is 11.2. The van der Waals surface area contributed by atoms with Gasteiger partial charge in [-0.15, -0.1) is 0 Å². The first kappa shape index (κ1) is 24.7. The van der Waals surface area contributed by atoms with Crippen LogP contribution in [0, 0.1) is 10.1 Å². The third-order valence-corrected chi connectivity index (χ3v) is 5.09. The fourth-order valence-corrected chi connectivity index (χ4v) is 3.44. The third-order valence-electron chi connectivity index (χ3n) is 5.09. The summed E-state index contributed by atoms with van der Waals surface area (Å²) in [7, 11) is 0. The minimum Gasteiger partial charge on any atom is -0.334 e. The average Bonchev–Trinajstić information content (AvgIpc) is 2.88. The first-order chi connectivity index (χ1) is 17.9. The number of aromatic nitrogens is 2. The Kier molecular flexibility index (Phi) is 7.60. The third kappa shape index (κ3) is 6.83. The molecule has 10 heteroatoms. The van der Waals surface area contributed by atoms with E-state index in [1.54, 1.807) is 36.5 Å². The van der Waals surface area contributed by atoms with E-state index < -0.39 is 4.92 Å². The Morgan fingerprint density at radius 1 is 0.892 bits per heavy atom. The second-order valence-electron chi connectivity index (χ2n) is 7.90. The van der Waals surface area contributed by atoms with Crippen LogP contribution in [0.2, 0.25) is 0 Å². The SMILES string of the molecule is CC(=O)Nc1ccc(C=CC(=O)Nc2cccc(-c3cccc(Nc4ncccc4[N+](=O)[O-])c3)c2)cn1. The van der Waals surface area contributed by atoms with Crippen molar-refractivity contribution in [1.29, 1.82) is 0 Å². The van der Waals surface area contributed by atoms with Gasteiger partial charge in [-0.1, -0.05) is 24.3 Å². The smallest absolute Gasteiger partial charge is 0.311 e. The van der Waals surface area contributed by atoms with Crippen LogP contribution in [0.4, 0.5) is 28.7 Å². The highest BCUT2D eigenvalue weighted by molar-refractivity contribution is 6.02. The summed E-state index contributed by atoms with van der Waals surface area (Å²) in [5.74, 6) is 0.0550. The van der Waals surface area contributed by atoms with E-state index in [9.17, 15) is 19.7 Å². The van der Waals surface area contributed by atoms with Gasteiger partial charge in [0.2, 0.25) is 17.6 Å². The zero-order chi connectivity index (χ0) is 26.2. The Morgan fingerprint density at radius 3 is 2.30 bits per heavy atom. The molecule has 184 valence electrons. The fourth-order valence-electron chi connectivity index (χ4n) is 3.44. The number of rotatable bonds is 8. The molecule has 4 aromatic rings. The number of amides is 2. The summed E-state index contributed by atoms with van der Waals surface area (Å²) < 4.78 is 0. The van der Waals surface area contributed by atoms with Crippen molar-refractivity contribution in [1.82, 2.24) is 9.97 Å². The Bertz CT molecular complexity index is 1480. The van der Waals surface area contributed by atoms with Gasteiger partial charge in [0.25, 0.3) is 0 Å². The van der Waals surface area contributed by atoms with E-state index in [1.165, 1.54) is 31.3 Å². The van der Waals surface area contributed by atoms with Crippen LogP contribution < -0.4 is 16.0 Å². The van der Waals surface area contributed by atoms with Crippen molar-refractivity contribution in [2.45, 2.75) is 6.92 Å². The molecule has 2 amide bonds. The van der Waals surface area contributed by atoms with Gasteiger partial charge in [-0.25, -0.2) is 9.97 Å². The lowest BCUT2D eigenvalue weighted by Gasteiger charge is -2.10. The summed E-state index contributed by atoms with van der Waals surface area (Å²) in [5.41, 5.74) is 3.51. The predicted octanol–water partition coefficient (Wildman–Crippen LogP) is 5.41. The molecule has 0 aliphatic carbocycles. The van der Waals surface area contributed by atoms with Crippen molar-refractivity contribution in [2.75, 3.05) is 16.0 Å². The number of hydrogen-bond donors (Lipinski definition) is 3. The maximum atomic E-state index is 12.4. The summed E-state index contributed by atoms with van der Waals surface area (Å²) in [5, 5.41) is 19.7. The molecule has 0 saturated heterocycles. The van der Waals surface area contributed by atoms with E-state index in [0.717, 1.165) is 11.1 Å². The van der Waals surface area contributed by atoms with E-state index in [2.05, 4.69) is 25.9 Å². The largest absolute Gasteiger partial charge is 0.334 e. The molecule has 0 fully saturated rings. The maximum absolute atomic E-state index is 12.4. The molecule has 0 atom stereocenters. The van der Waals surface area contributed by atoms with Gasteiger partial charge < -0.3 is 16.0 Å². The summed E-state index contributed by atoms with van der Waals surface area (Å²) in [6.07, 6.45) is 6.05. The monoisotopic (exact) mass is 494 g/mol. The molecule has 0 aliphatic heterocycles. The number of anilines is 4. The number of benzene rings is 2. The van der Waals surface area contributed by atoms with Crippen LogP contribution in [0.5, 0.6) is 0 Å². The van der Waals surface area contributed by atoms with Crippen molar-refractivity contribution < 1.29 is 14.5 Å². The molecular weight excluding hydrogens is 472 g/mol. The minimum atomic E-state index is -0.489. The first-order valence-corrected chi connectivity index (χ1v) is 11.2. The number of carbonyl (C=O) groups is 2. The Hall–Kier alpha value is -5.38. The van der Waals surface area contributed by atoms with E-state index in [-0.39, 0.29) is 23.3 Å². The zero-order valence-electron chi connectivity index (χ0n) is 19.7. The Balaban J connectivity index is 1.44. The van der Waals surface area contributed by atoms with E-state index in [0.29, 0.717) is 22.8 Å². The summed E-state index contributed by atoms with van der Waals surface area (Å²) >= 11 is 0. The van der Waals surface area contributed by atoms with Gasteiger partial charge in [-0.2, -0.15) is 0 Å². The highest BCUT2D eigenvalue weighted by Crippen LogP contribution is 2.29. The quantitative estimate of drug-likeness (QED) is 0.169. The topological polar surface area (TPSA) is 139 Å². The van der Waals surface area contributed by atoms with Gasteiger partial charge in [-0.3, -0.25) is 19.7 Å².